The number of nitrogens with one attached hydrogen (secondary N) is 4. The van der Waals surface area contributed by atoms with Crippen LogP contribution >= 0.6 is 0 Å². The van der Waals surface area contributed by atoms with Crippen LogP contribution in [0.25, 0.3) is 33.6 Å². The van der Waals surface area contributed by atoms with Gasteiger partial charge in [-0.25, -0.2) is 19.6 Å². The predicted molar refractivity (Wildman–Crippen MR) is 234 cm³/mol. The predicted octanol–water partition coefficient (Wildman–Crippen LogP) is 2.77. The summed E-state index contributed by atoms with van der Waals surface area (Å²) in [6, 6.07) is 10.3. The van der Waals surface area contributed by atoms with Gasteiger partial charge >= 0.3 is 11.7 Å². The first-order valence-corrected chi connectivity index (χ1v) is 20.5. The lowest BCUT2D eigenvalue weighted by Crippen LogP contribution is -2.55. The largest absolute Gasteiger partial charge is 0.492 e. The first kappa shape index (κ1) is 45.6. The summed E-state index contributed by atoms with van der Waals surface area (Å²) in [6.45, 7) is 11.3. The van der Waals surface area contributed by atoms with E-state index in [9.17, 15) is 33.9 Å². The van der Waals surface area contributed by atoms with E-state index in [0.717, 1.165) is 16.0 Å². The highest BCUT2D eigenvalue weighted by Crippen LogP contribution is 2.39. The van der Waals surface area contributed by atoms with E-state index < -0.39 is 59.5 Å². The van der Waals surface area contributed by atoms with Crippen LogP contribution in [0.5, 0.6) is 5.75 Å². The number of aromatic nitrogens is 3. The second-order valence-electron chi connectivity index (χ2n) is 16.6. The zero-order valence-corrected chi connectivity index (χ0v) is 36.3. The monoisotopic (exact) mass is 863 g/mol. The second kappa shape index (κ2) is 18.6. The number of amides is 4. The maximum atomic E-state index is 14.7. The van der Waals surface area contributed by atoms with Gasteiger partial charge in [0.05, 0.1) is 22.5 Å². The number of carboxylic acid groups (broad SMARTS) is 1. The van der Waals surface area contributed by atoms with E-state index in [-0.39, 0.29) is 65.7 Å². The van der Waals surface area contributed by atoms with Crippen molar-refractivity contribution in [3.8, 4) is 28.3 Å². The van der Waals surface area contributed by atoms with E-state index in [1.165, 1.54) is 20.0 Å². The Morgan fingerprint density at radius 1 is 0.952 bits per heavy atom. The van der Waals surface area contributed by atoms with Gasteiger partial charge in [-0.1, -0.05) is 51.1 Å². The van der Waals surface area contributed by atoms with Crippen molar-refractivity contribution < 1.29 is 38.2 Å². The molecule has 18 nitrogen and oxygen atoms in total. The number of hydrogen-bond acceptors (Lipinski definition) is 12. The van der Waals surface area contributed by atoms with Gasteiger partial charge in [0.2, 0.25) is 17.7 Å². The first-order chi connectivity index (χ1) is 29.8. The molecule has 4 atom stereocenters. The van der Waals surface area contributed by atoms with Crippen LogP contribution in [0.3, 0.4) is 0 Å². The molecule has 1 aliphatic rings. The lowest BCUT2D eigenvalue weighted by Gasteiger charge is -2.32. The molecule has 63 heavy (non-hydrogen) atoms. The number of hydrogen-bond donors (Lipinski definition) is 7. The normalized spacial score (nSPS) is 17.3. The number of ether oxygens (including phenoxy) is 1. The van der Waals surface area contributed by atoms with E-state index in [2.05, 4.69) is 51.7 Å². The molecule has 0 fully saturated rings. The number of aryl methyl sites for hydroxylation is 2. The summed E-state index contributed by atoms with van der Waals surface area (Å²) >= 11 is 0. The van der Waals surface area contributed by atoms with Gasteiger partial charge in [-0.2, -0.15) is 0 Å². The van der Waals surface area contributed by atoms with Crippen LogP contribution in [0.2, 0.25) is 0 Å². The van der Waals surface area contributed by atoms with Gasteiger partial charge in [0, 0.05) is 36.7 Å². The quantitative estimate of drug-likeness (QED) is 0.101. The fourth-order valence-electron chi connectivity index (χ4n) is 7.61. The van der Waals surface area contributed by atoms with E-state index in [1.807, 2.05) is 24.3 Å². The average molecular weight is 864 g/mol. The van der Waals surface area contributed by atoms with Crippen molar-refractivity contribution in [2.45, 2.75) is 84.0 Å². The van der Waals surface area contributed by atoms with Gasteiger partial charge < -0.3 is 46.6 Å². The van der Waals surface area contributed by atoms with E-state index in [1.54, 1.807) is 38.1 Å². The van der Waals surface area contributed by atoms with Crippen LogP contribution in [0.4, 0.5) is 0 Å². The van der Waals surface area contributed by atoms with Gasteiger partial charge in [-0.15, -0.1) is 0 Å². The molecule has 4 amide bonds. The van der Waals surface area contributed by atoms with Crippen molar-refractivity contribution in [3.05, 3.63) is 98.8 Å². The third-order valence-electron chi connectivity index (χ3n) is 10.9. The summed E-state index contributed by atoms with van der Waals surface area (Å²) in [5.41, 5.74) is 16.0. The van der Waals surface area contributed by atoms with E-state index in [0.29, 0.717) is 34.1 Å². The number of carboxylic acids is 1. The smallest absolute Gasteiger partial charge is 0.417 e. The minimum Gasteiger partial charge on any atom is -0.492 e. The van der Waals surface area contributed by atoms with Crippen molar-refractivity contribution >= 4 is 40.7 Å². The minimum absolute atomic E-state index is 0.0322. The number of nitrogens with zero attached hydrogens (tertiary/aromatic N) is 3. The third-order valence-corrected chi connectivity index (χ3v) is 10.9. The number of benzene rings is 3. The SMILES string of the molecule is Cc1nc(-c2ccc(C(C)(C)C)cc2)nc(C)c1C(=O)N[C@@H](CCN)C(=O)N(C)[C@@H]1C(=O)N[C@@H](C)C(=O)N[C@H](C(=O)O)Cc2ccc(OCCN)c(c2)-c2cc1cc1[nH]c(=O)oc21. The molecule has 0 aliphatic carbocycles. The molecule has 2 aromatic heterocycles. The summed E-state index contributed by atoms with van der Waals surface area (Å²) in [5, 5.41) is 18.0. The molecule has 0 spiro atoms. The molecule has 0 radical (unpaired) electrons. The van der Waals surface area contributed by atoms with Crippen LogP contribution in [0.1, 0.15) is 78.6 Å². The zero-order valence-electron chi connectivity index (χ0n) is 36.3. The van der Waals surface area contributed by atoms with Crippen LogP contribution in [-0.4, -0.2) is 99.4 Å². The van der Waals surface area contributed by atoms with Gasteiger partial charge in [0.15, 0.2) is 11.4 Å². The number of nitrogens with two attached hydrogens (primary N) is 2. The Kier molecular flexibility index (Phi) is 13.5. The number of likely N-dealkylation sites (N-methyl/N-ethyl adjacent to an activating group) is 1. The van der Waals surface area contributed by atoms with Crippen LogP contribution < -0.4 is 37.9 Å². The molecule has 0 saturated carbocycles. The van der Waals surface area contributed by atoms with Crippen molar-refractivity contribution in [1.82, 2.24) is 35.8 Å². The number of carbonyl (C=O) groups is 5. The van der Waals surface area contributed by atoms with E-state index in [4.69, 9.17) is 20.6 Å². The summed E-state index contributed by atoms with van der Waals surface area (Å²) in [5.74, 6) is -4.42. The molecular weight excluding hydrogens is 811 g/mol. The fraction of sp³-hybridized carbons (Fsp3) is 0.378. The summed E-state index contributed by atoms with van der Waals surface area (Å²) in [6.07, 6.45) is -0.190. The maximum absolute atomic E-state index is 14.7. The molecule has 5 aromatic rings. The van der Waals surface area contributed by atoms with Gasteiger partial charge in [-0.3, -0.25) is 24.2 Å². The number of aromatic amines is 1. The number of carbonyl (C=O) groups excluding carboxylic acids is 4. The highest BCUT2D eigenvalue weighted by molar-refractivity contribution is 6.01. The third kappa shape index (κ3) is 9.92. The number of rotatable bonds is 11. The van der Waals surface area contributed by atoms with Crippen molar-refractivity contribution in [3.63, 3.8) is 0 Å². The van der Waals surface area contributed by atoms with Gasteiger partial charge in [-0.05, 0) is 80.1 Å². The molecule has 0 unspecified atom stereocenters. The molecule has 9 N–H and O–H groups in total. The number of oxazole rings is 1. The van der Waals surface area contributed by atoms with Crippen LogP contribution in [0, 0.1) is 13.8 Å². The summed E-state index contributed by atoms with van der Waals surface area (Å²) in [7, 11) is 1.36. The Hall–Kier alpha value is -6.92. The lowest BCUT2D eigenvalue weighted by atomic mass is 9.86. The van der Waals surface area contributed by atoms with Crippen LogP contribution in [0.15, 0.2) is 63.8 Å². The Morgan fingerprint density at radius 2 is 1.63 bits per heavy atom. The topological polar surface area (TPSA) is 278 Å². The van der Waals surface area contributed by atoms with E-state index >= 15 is 0 Å². The van der Waals surface area contributed by atoms with Crippen molar-refractivity contribution in [2.75, 3.05) is 26.7 Å². The highest BCUT2D eigenvalue weighted by Gasteiger charge is 2.37. The van der Waals surface area contributed by atoms with Gasteiger partial charge in [0.25, 0.3) is 5.91 Å². The lowest BCUT2D eigenvalue weighted by molar-refractivity contribution is -0.143. The Balaban J connectivity index is 1.41. The highest BCUT2D eigenvalue weighted by atomic mass is 16.5. The molecular formula is C45H53N9O9. The van der Waals surface area contributed by atoms with Crippen LogP contribution in [-0.2, 0) is 31.0 Å². The molecule has 1 aliphatic heterocycles. The molecule has 6 rings (SSSR count). The summed E-state index contributed by atoms with van der Waals surface area (Å²) < 4.78 is 11.6. The number of H-pyrrole nitrogens is 1. The molecule has 3 aromatic carbocycles. The molecule has 0 saturated heterocycles. The Labute approximate surface area is 363 Å². The average Bonchev–Trinajstić information content (AvgIpc) is 3.61. The second-order valence-corrected chi connectivity index (χ2v) is 16.6. The molecule has 3 heterocycles. The van der Waals surface area contributed by atoms with Gasteiger partial charge in [0.1, 0.15) is 36.5 Å². The minimum atomic E-state index is -1.52. The zero-order chi connectivity index (χ0) is 45.9. The maximum Gasteiger partial charge on any atom is 0.417 e. The standard InChI is InChI=1S/C45H53N9O9/c1-22-35(23(2)49-38(48-22)26-9-11-28(12-10-26)45(4,5)6)40(56)51-31(14-15-46)42(58)54(7)36-27-20-30(37-32(21-27)53-44(61)63-37)29-18-25(8-13-34(29)62-17-16-47)19-33(43(59)60)52-39(55)24(3)50-41(36)57/h8-13,18,20-21,24,31,33,36H,14-17,19,46-47H2,1-7H3,(H,50,57)(H,51,56)(H,52,55)(H,53,61)(H,59,60)/t24-,31-,33-,36-/m0/s1. The summed E-state index contributed by atoms with van der Waals surface area (Å²) in [4.78, 5) is 94.8. The molecule has 18 heteroatoms. The van der Waals surface area contributed by atoms with Crippen molar-refractivity contribution in [1.29, 1.82) is 0 Å². The molecule has 332 valence electrons. The Bertz CT molecular complexity index is 2610. The first-order valence-electron chi connectivity index (χ1n) is 20.5. The molecule has 4 bridgehead atoms. The van der Waals surface area contributed by atoms with Crippen molar-refractivity contribution in [2.24, 2.45) is 11.5 Å². The Morgan fingerprint density at radius 3 is 2.25 bits per heavy atom. The fourth-order valence-corrected chi connectivity index (χ4v) is 7.61. The number of aliphatic carboxylic acids is 1. The number of fused-ring (bicyclic) bond motifs is 7.